The number of hydrogen-bond acceptors (Lipinski definition) is 4. The Balaban J connectivity index is 1.57. The average Bonchev–Trinajstić information content (AvgIpc) is 2.72. The van der Waals surface area contributed by atoms with Gasteiger partial charge >= 0.3 is 0 Å². The van der Waals surface area contributed by atoms with Gasteiger partial charge < -0.3 is 20.1 Å². The van der Waals surface area contributed by atoms with Crippen LogP contribution in [0.15, 0.2) is 36.4 Å². The highest BCUT2D eigenvalue weighted by molar-refractivity contribution is 6.32. The molecule has 0 radical (unpaired) electrons. The Morgan fingerprint density at radius 3 is 2.47 bits per heavy atom. The summed E-state index contributed by atoms with van der Waals surface area (Å²) in [5, 5.41) is 6.72. The monoisotopic (exact) mass is 450 g/mol. The van der Waals surface area contributed by atoms with Gasteiger partial charge in [0, 0.05) is 17.1 Å². The van der Waals surface area contributed by atoms with Crippen LogP contribution in [-0.2, 0) is 11.2 Å². The molecule has 0 aromatic heterocycles. The third-order valence-corrected chi connectivity index (χ3v) is 5.24. The minimum absolute atomic E-state index is 0.0787. The Morgan fingerprint density at radius 1 is 1.07 bits per heavy atom. The third kappa shape index (κ3) is 5.58. The van der Waals surface area contributed by atoms with E-state index in [9.17, 15) is 9.59 Å². The Bertz CT molecular complexity index is 916. The minimum atomic E-state index is -0.656. The van der Waals surface area contributed by atoms with Crippen LogP contribution in [0, 0.1) is 5.92 Å². The van der Waals surface area contributed by atoms with Crippen LogP contribution in [0.1, 0.15) is 29.8 Å². The van der Waals surface area contributed by atoms with E-state index < -0.39 is 6.04 Å². The molecule has 0 saturated heterocycles. The van der Waals surface area contributed by atoms with Crippen LogP contribution in [0.2, 0.25) is 10.0 Å². The summed E-state index contributed by atoms with van der Waals surface area (Å²) >= 11 is 12.1. The van der Waals surface area contributed by atoms with Crippen LogP contribution in [0.25, 0.3) is 0 Å². The minimum Gasteiger partial charge on any atom is -0.486 e. The smallest absolute Gasteiger partial charge is 0.251 e. The number of fused-ring (bicyclic) bond motifs is 1. The molecule has 160 valence electrons. The van der Waals surface area contributed by atoms with Crippen molar-refractivity contribution >= 4 is 35.0 Å². The maximum atomic E-state index is 12.7. The number of nitrogens with one attached hydrogen (secondary N) is 2. The summed E-state index contributed by atoms with van der Waals surface area (Å²) in [6.07, 6.45) is 0.568. The summed E-state index contributed by atoms with van der Waals surface area (Å²) in [4.78, 5) is 25.1. The summed E-state index contributed by atoms with van der Waals surface area (Å²) in [7, 11) is 0. The Morgan fingerprint density at radius 2 is 1.77 bits per heavy atom. The van der Waals surface area contributed by atoms with E-state index in [-0.39, 0.29) is 17.7 Å². The molecule has 1 aliphatic rings. The zero-order chi connectivity index (χ0) is 21.7. The van der Waals surface area contributed by atoms with E-state index in [2.05, 4.69) is 10.6 Å². The van der Waals surface area contributed by atoms with Crippen molar-refractivity contribution < 1.29 is 19.1 Å². The van der Waals surface area contributed by atoms with Crippen molar-refractivity contribution in [3.8, 4) is 11.5 Å². The lowest BCUT2D eigenvalue weighted by molar-refractivity contribution is -0.123. The largest absolute Gasteiger partial charge is 0.486 e. The van der Waals surface area contributed by atoms with Gasteiger partial charge in [0.05, 0.1) is 5.02 Å². The Labute approximate surface area is 185 Å². The first-order chi connectivity index (χ1) is 14.3. The fourth-order valence-corrected chi connectivity index (χ4v) is 3.52. The molecule has 2 N–H and O–H groups in total. The standard InChI is InChI=1S/C22H24Cl2N2O4/c1-13(2)19(26-21(27)15-3-5-16(23)6-4-15)22(28)25-8-7-14-11-17(24)20-18(12-14)29-9-10-30-20/h3-6,11-13,19H,7-10H2,1-2H3,(H,25,28)(H,26,27)/t19-/m0/s1. The highest BCUT2D eigenvalue weighted by atomic mass is 35.5. The molecule has 2 aromatic carbocycles. The van der Waals surface area contributed by atoms with E-state index in [1.54, 1.807) is 24.3 Å². The number of hydrogen-bond donors (Lipinski definition) is 2. The molecule has 6 nitrogen and oxygen atoms in total. The van der Waals surface area contributed by atoms with Gasteiger partial charge in [0.1, 0.15) is 19.3 Å². The van der Waals surface area contributed by atoms with Crippen LogP contribution >= 0.6 is 23.2 Å². The number of halogens is 2. The number of rotatable bonds is 7. The molecule has 1 heterocycles. The number of amides is 2. The molecule has 0 bridgehead atoms. The quantitative estimate of drug-likeness (QED) is 0.670. The van der Waals surface area contributed by atoms with Gasteiger partial charge in [-0.3, -0.25) is 9.59 Å². The van der Waals surface area contributed by atoms with Crippen molar-refractivity contribution in [1.29, 1.82) is 0 Å². The molecule has 8 heteroatoms. The molecule has 1 aliphatic heterocycles. The predicted octanol–water partition coefficient (Wildman–Crippen LogP) is 3.88. The fraction of sp³-hybridized carbons (Fsp3) is 0.364. The summed E-state index contributed by atoms with van der Waals surface area (Å²) < 4.78 is 11.1. The highest BCUT2D eigenvalue weighted by Gasteiger charge is 2.24. The van der Waals surface area contributed by atoms with Crippen LogP contribution in [-0.4, -0.2) is 37.6 Å². The lowest BCUT2D eigenvalue weighted by Gasteiger charge is -2.22. The molecule has 0 fully saturated rings. The van der Waals surface area contributed by atoms with E-state index in [0.717, 1.165) is 5.56 Å². The average molecular weight is 451 g/mol. The van der Waals surface area contributed by atoms with E-state index in [1.807, 2.05) is 26.0 Å². The fourth-order valence-electron chi connectivity index (χ4n) is 3.11. The molecule has 0 aliphatic carbocycles. The van der Waals surface area contributed by atoms with E-state index in [4.69, 9.17) is 32.7 Å². The molecule has 2 amide bonds. The first-order valence-electron chi connectivity index (χ1n) is 9.77. The second-order valence-corrected chi connectivity index (χ2v) is 8.19. The Hall–Kier alpha value is -2.44. The van der Waals surface area contributed by atoms with Crippen molar-refractivity contribution in [3.63, 3.8) is 0 Å². The van der Waals surface area contributed by atoms with Gasteiger partial charge in [0.15, 0.2) is 11.5 Å². The lowest BCUT2D eigenvalue weighted by atomic mass is 10.0. The van der Waals surface area contributed by atoms with Gasteiger partial charge in [-0.05, 0) is 54.3 Å². The zero-order valence-corrected chi connectivity index (χ0v) is 18.3. The molecule has 0 spiro atoms. The van der Waals surface area contributed by atoms with Crippen molar-refractivity contribution in [2.45, 2.75) is 26.3 Å². The van der Waals surface area contributed by atoms with Crippen LogP contribution in [0.4, 0.5) is 0 Å². The molecule has 3 rings (SSSR count). The van der Waals surface area contributed by atoms with Crippen LogP contribution < -0.4 is 20.1 Å². The zero-order valence-electron chi connectivity index (χ0n) is 16.8. The normalized spacial score (nSPS) is 13.6. The second kappa shape index (κ2) is 10.0. The third-order valence-electron chi connectivity index (χ3n) is 4.71. The molecule has 0 unspecified atom stereocenters. The number of carbonyl (C=O) groups excluding carboxylic acids is 2. The van der Waals surface area contributed by atoms with Crippen molar-refractivity contribution in [2.24, 2.45) is 5.92 Å². The summed E-state index contributed by atoms with van der Waals surface area (Å²) in [6.45, 7) is 5.11. The van der Waals surface area contributed by atoms with Crippen LogP contribution in [0.5, 0.6) is 11.5 Å². The first-order valence-corrected chi connectivity index (χ1v) is 10.5. The molecule has 30 heavy (non-hydrogen) atoms. The van der Waals surface area contributed by atoms with E-state index in [1.165, 1.54) is 0 Å². The lowest BCUT2D eigenvalue weighted by Crippen LogP contribution is -2.50. The van der Waals surface area contributed by atoms with Gasteiger partial charge in [0.2, 0.25) is 5.91 Å². The van der Waals surface area contributed by atoms with Crippen molar-refractivity contribution in [2.75, 3.05) is 19.8 Å². The van der Waals surface area contributed by atoms with Gasteiger partial charge in [-0.1, -0.05) is 37.0 Å². The summed E-state index contributed by atoms with van der Waals surface area (Å²) in [5.41, 5.74) is 1.37. The SMILES string of the molecule is CC(C)[C@H](NC(=O)c1ccc(Cl)cc1)C(=O)NCCc1cc(Cl)c2c(c1)OCCO2. The second-order valence-electron chi connectivity index (χ2n) is 7.34. The van der Waals surface area contributed by atoms with E-state index in [0.29, 0.717) is 53.3 Å². The van der Waals surface area contributed by atoms with Crippen molar-refractivity contribution in [1.82, 2.24) is 10.6 Å². The predicted molar refractivity (Wildman–Crippen MR) is 117 cm³/mol. The van der Waals surface area contributed by atoms with Gasteiger partial charge in [0.25, 0.3) is 5.91 Å². The maximum Gasteiger partial charge on any atom is 0.251 e. The molecular weight excluding hydrogens is 427 g/mol. The maximum absolute atomic E-state index is 12.7. The molecular formula is C22H24Cl2N2O4. The molecule has 2 aromatic rings. The van der Waals surface area contributed by atoms with Gasteiger partial charge in [-0.2, -0.15) is 0 Å². The number of carbonyl (C=O) groups is 2. The number of benzene rings is 2. The van der Waals surface area contributed by atoms with Gasteiger partial charge in [-0.15, -0.1) is 0 Å². The summed E-state index contributed by atoms with van der Waals surface area (Å²) in [5.74, 6) is 0.533. The summed E-state index contributed by atoms with van der Waals surface area (Å²) in [6, 6.07) is 9.55. The molecule has 0 saturated carbocycles. The first kappa shape index (κ1) is 22.2. The van der Waals surface area contributed by atoms with E-state index >= 15 is 0 Å². The number of ether oxygens (including phenoxy) is 2. The van der Waals surface area contributed by atoms with Crippen LogP contribution in [0.3, 0.4) is 0 Å². The van der Waals surface area contributed by atoms with Gasteiger partial charge in [-0.25, -0.2) is 0 Å². The van der Waals surface area contributed by atoms with Crippen molar-refractivity contribution in [3.05, 3.63) is 57.6 Å². The molecule has 1 atom stereocenters. The topological polar surface area (TPSA) is 76.7 Å². The Kier molecular flexibility index (Phi) is 7.45. The highest BCUT2D eigenvalue weighted by Crippen LogP contribution is 2.38.